The Morgan fingerprint density at radius 2 is 1.90 bits per heavy atom. The number of hydrogen-bond acceptors (Lipinski definition) is 5. The van der Waals surface area contributed by atoms with Crippen molar-refractivity contribution >= 4 is 40.9 Å². The number of thioether (sulfide) groups is 1. The maximum Gasteiger partial charge on any atom is 0.247 e. The molecule has 0 saturated carbocycles. The van der Waals surface area contributed by atoms with E-state index < -0.39 is 5.25 Å². The van der Waals surface area contributed by atoms with E-state index in [1.807, 2.05) is 32.0 Å². The van der Waals surface area contributed by atoms with E-state index in [0.717, 1.165) is 16.8 Å². The number of nitrogens with zero attached hydrogens (tertiary/aromatic N) is 1. The highest BCUT2D eigenvalue weighted by Crippen LogP contribution is 2.31. The first-order chi connectivity index (χ1) is 13.9. The summed E-state index contributed by atoms with van der Waals surface area (Å²) in [4.78, 5) is 38.5. The fraction of sp³-hybridized carbons (Fsp3) is 0.318. The number of amides is 3. The predicted molar refractivity (Wildman–Crippen MR) is 116 cm³/mol. The zero-order valence-electron chi connectivity index (χ0n) is 16.7. The molecule has 29 heavy (non-hydrogen) atoms. The van der Waals surface area contributed by atoms with Gasteiger partial charge in [-0.25, -0.2) is 4.90 Å². The highest BCUT2D eigenvalue weighted by Gasteiger charge is 2.39. The Balaban J connectivity index is 1.53. The number of anilines is 2. The second kappa shape index (κ2) is 9.13. The maximum atomic E-state index is 12.7. The Labute approximate surface area is 174 Å². The van der Waals surface area contributed by atoms with Crippen molar-refractivity contribution in [3.8, 4) is 5.75 Å². The van der Waals surface area contributed by atoms with Gasteiger partial charge in [-0.1, -0.05) is 12.1 Å². The van der Waals surface area contributed by atoms with E-state index in [1.54, 1.807) is 31.4 Å². The molecule has 6 nitrogen and oxygen atoms in total. The van der Waals surface area contributed by atoms with Gasteiger partial charge in [0.1, 0.15) is 5.75 Å². The lowest BCUT2D eigenvalue weighted by molar-refractivity contribution is -0.121. The first-order valence-electron chi connectivity index (χ1n) is 9.39. The SMILES string of the molecule is COc1ccc(N2C(=O)CC(SCCC(=O)Nc3cccc(C)c3C)C2=O)cc1. The molecule has 1 heterocycles. The molecule has 3 rings (SSSR count). The number of rotatable bonds is 7. The van der Waals surface area contributed by atoms with Crippen LogP contribution in [-0.2, 0) is 14.4 Å². The third-order valence-corrected chi connectivity index (χ3v) is 6.17. The number of carbonyl (C=O) groups is 3. The molecule has 0 bridgehead atoms. The van der Waals surface area contributed by atoms with Crippen molar-refractivity contribution < 1.29 is 19.1 Å². The minimum Gasteiger partial charge on any atom is -0.497 e. The van der Waals surface area contributed by atoms with Crippen LogP contribution < -0.4 is 15.0 Å². The van der Waals surface area contributed by atoms with Crippen LogP contribution in [-0.4, -0.2) is 35.8 Å². The number of nitrogens with one attached hydrogen (secondary N) is 1. The number of hydrogen-bond donors (Lipinski definition) is 1. The number of carbonyl (C=O) groups excluding carboxylic acids is 3. The molecule has 0 radical (unpaired) electrons. The second-order valence-corrected chi connectivity index (χ2v) is 8.19. The van der Waals surface area contributed by atoms with Gasteiger partial charge < -0.3 is 10.1 Å². The molecule has 2 aromatic carbocycles. The fourth-order valence-electron chi connectivity index (χ4n) is 3.13. The van der Waals surface area contributed by atoms with Gasteiger partial charge >= 0.3 is 0 Å². The van der Waals surface area contributed by atoms with Gasteiger partial charge in [0, 0.05) is 24.3 Å². The molecule has 0 spiro atoms. The summed E-state index contributed by atoms with van der Waals surface area (Å²) in [6.45, 7) is 3.97. The van der Waals surface area contributed by atoms with Crippen LogP contribution in [0.15, 0.2) is 42.5 Å². The van der Waals surface area contributed by atoms with E-state index in [1.165, 1.54) is 16.7 Å². The van der Waals surface area contributed by atoms with Crippen LogP contribution >= 0.6 is 11.8 Å². The number of benzene rings is 2. The first-order valence-corrected chi connectivity index (χ1v) is 10.4. The number of imide groups is 1. The highest BCUT2D eigenvalue weighted by atomic mass is 32.2. The molecule has 152 valence electrons. The first kappa shape index (κ1) is 20.9. The van der Waals surface area contributed by atoms with Gasteiger partial charge in [-0.15, -0.1) is 11.8 Å². The van der Waals surface area contributed by atoms with Crippen molar-refractivity contribution in [2.24, 2.45) is 0 Å². The lowest BCUT2D eigenvalue weighted by atomic mass is 10.1. The molecule has 0 aliphatic carbocycles. The van der Waals surface area contributed by atoms with E-state index >= 15 is 0 Å². The van der Waals surface area contributed by atoms with E-state index in [4.69, 9.17) is 4.74 Å². The fourth-order valence-corrected chi connectivity index (χ4v) is 4.23. The van der Waals surface area contributed by atoms with Gasteiger partial charge in [0.2, 0.25) is 17.7 Å². The summed E-state index contributed by atoms with van der Waals surface area (Å²) in [6.07, 6.45) is 0.423. The molecule has 1 aliphatic heterocycles. The third-order valence-electron chi connectivity index (χ3n) is 4.96. The summed E-state index contributed by atoms with van der Waals surface area (Å²) in [5.74, 6) is 0.567. The molecule has 1 aliphatic rings. The Kier molecular flexibility index (Phi) is 6.59. The van der Waals surface area contributed by atoms with Gasteiger partial charge in [-0.3, -0.25) is 14.4 Å². The van der Waals surface area contributed by atoms with Crippen LogP contribution in [0.4, 0.5) is 11.4 Å². The topological polar surface area (TPSA) is 75.7 Å². The molecule has 0 aromatic heterocycles. The van der Waals surface area contributed by atoms with Crippen LogP contribution in [0.2, 0.25) is 0 Å². The van der Waals surface area contributed by atoms with E-state index in [0.29, 0.717) is 17.2 Å². The molecule has 7 heteroatoms. The Morgan fingerprint density at radius 1 is 1.17 bits per heavy atom. The summed E-state index contributed by atoms with van der Waals surface area (Å²) in [7, 11) is 1.56. The van der Waals surface area contributed by atoms with Gasteiger partial charge in [0.15, 0.2) is 0 Å². The quantitative estimate of drug-likeness (QED) is 0.702. The second-order valence-electron chi connectivity index (χ2n) is 6.87. The number of methoxy groups -OCH3 is 1. The smallest absolute Gasteiger partial charge is 0.247 e. The average molecular weight is 413 g/mol. The lowest BCUT2D eigenvalue weighted by Crippen LogP contribution is -2.31. The maximum absolute atomic E-state index is 12.7. The number of aryl methyl sites for hydroxylation is 1. The van der Waals surface area contributed by atoms with Gasteiger partial charge in [-0.05, 0) is 55.3 Å². The van der Waals surface area contributed by atoms with Crippen molar-refractivity contribution in [1.82, 2.24) is 0 Å². The molecular weight excluding hydrogens is 388 g/mol. The minimum absolute atomic E-state index is 0.102. The zero-order chi connectivity index (χ0) is 21.0. The minimum atomic E-state index is -0.460. The van der Waals surface area contributed by atoms with E-state index in [-0.39, 0.29) is 30.6 Å². The van der Waals surface area contributed by atoms with Gasteiger partial charge in [0.25, 0.3) is 0 Å². The largest absolute Gasteiger partial charge is 0.497 e. The molecule has 1 saturated heterocycles. The van der Waals surface area contributed by atoms with Crippen molar-refractivity contribution in [2.75, 3.05) is 23.1 Å². The van der Waals surface area contributed by atoms with Crippen molar-refractivity contribution in [3.63, 3.8) is 0 Å². The summed E-state index contributed by atoms with van der Waals surface area (Å²) in [5, 5.41) is 2.46. The van der Waals surface area contributed by atoms with Crippen molar-refractivity contribution in [1.29, 1.82) is 0 Å². The molecule has 1 N–H and O–H groups in total. The van der Waals surface area contributed by atoms with Crippen LogP contribution in [0.5, 0.6) is 5.75 Å². The molecular formula is C22H24N2O4S. The Morgan fingerprint density at radius 3 is 2.59 bits per heavy atom. The highest BCUT2D eigenvalue weighted by molar-refractivity contribution is 8.00. The predicted octanol–water partition coefficient (Wildman–Crippen LogP) is 3.71. The van der Waals surface area contributed by atoms with Crippen LogP contribution in [0.25, 0.3) is 0 Å². The lowest BCUT2D eigenvalue weighted by Gasteiger charge is -2.15. The van der Waals surface area contributed by atoms with Crippen molar-refractivity contribution in [2.45, 2.75) is 31.9 Å². The monoisotopic (exact) mass is 412 g/mol. The zero-order valence-corrected chi connectivity index (χ0v) is 17.5. The number of ether oxygens (including phenoxy) is 1. The van der Waals surface area contributed by atoms with Gasteiger partial charge in [0.05, 0.1) is 18.0 Å². The molecule has 1 atom stereocenters. The normalized spacial score (nSPS) is 16.2. The van der Waals surface area contributed by atoms with Crippen LogP contribution in [0.1, 0.15) is 24.0 Å². The molecule has 3 amide bonds. The average Bonchev–Trinajstić information content (AvgIpc) is 2.99. The van der Waals surface area contributed by atoms with E-state index in [9.17, 15) is 14.4 Å². The van der Waals surface area contributed by atoms with Crippen molar-refractivity contribution in [3.05, 3.63) is 53.6 Å². The van der Waals surface area contributed by atoms with Crippen LogP contribution in [0.3, 0.4) is 0 Å². The summed E-state index contributed by atoms with van der Waals surface area (Å²) < 4.78 is 5.11. The summed E-state index contributed by atoms with van der Waals surface area (Å²) in [6, 6.07) is 12.6. The Hall–Kier alpha value is -2.80. The van der Waals surface area contributed by atoms with Crippen LogP contribution in [0, 0.1) is 13.8 Å². The summed E-state index contributed by atoms with van der Waals surface area (Å²) in [5.41, 5.74) is 3.50. The summed E-state index contributed by atoms with van der Waals surface area (Å²) >= 11 is 1.35. The van der Waals surface area contributed by atoms with Gasteiger partial charge in [-0.2, -0.15) is 0 Å². The molecule has 2 aromatic rings. The Bertz CT molecular complexity index is 927. The molecule has 1 unspecified atom stereocenters. The van der Waals surface area contributed by atoms with E-state index in [2.05, 4.69) is 5.32 Å². The molecule has 1 fully saturated rings. The third kappa shape index (κ3) is 4.79. The standard InChI is InChI=1S/C22H24N2O4S/c1-14-5-4-6-18(15(14)2)23-20(25)11-12-29-19-13-21(26)24(22(19)27)16-7-9-17(28-3)10-8-16/h4-10,19H,11-13H2,1-3H3,(H,23,25).